The first kappa shape index (κ1) is 20.5. The first-order valence-electron chi connectivity index (χ1n) is 11.6. The predicted octanol–water partition coefficient (Wildman–Crippen LogP) is 5.21. The Bertz CT molecular complexity index is 1050. The minimum Gasteiger partial charge on any atom is -0.457 e. The Morgan fingerprint density at radius 2 is 1.72 bits per heavy atom. The lowest BCUT2D eigenvalue weighted by atomic mass is 9.97. The van der Waals surface area contributed by atoms with Gasteiger partial charge in [-0.15, -0.1) is 10.2 Å². The van der Waals surface area contributed by atoms with Crippen LogP contribution in [-0.4, -0.2) is 38.8 Å². The number of amides is 2. The number of nitrogens with zero attached hydrogens (tertiary/aromatic N) is 4. The number of piperidine rings is 1. The van der Waals surface area contributed by atoms with E-state index in [1.54, 1.807) is 0 Å². The number of likely N-dealkylation sites (tertiary alicyclic amines) is 1. The average Bonchev–Trinajstić information content (AvgIpc) is 3.09. The van der Waals surface area contributed by atoms with E-state index in [9.17, 15) is 4.79 Å². The van der Waals surface area contributed by atoms with Crippen molar-refractivity contribution in [2.75, 3.05) is 18.4 Å². The number of benzene rings is 2. The fourth-order valence-electron chi connectivity index (χ4n) is 4.62. The summed E-state index contributed by atoms with van der Waals surface area (Å²) >= 11 is 0. The Balaban J connectivity index is 1.21. The molecule has 3 aromatic rings. The van der Waals surface area contributed by atoms with Gasteiger partial charge in [0, 0.05) is 37.7 Å². The van der Waals surface area contributed by atoms with Gasteiger partial charge in [-0.05, 0) is 62.1 Å². The van der Waals surface area contributed by atoms with E-state index in [1.807, 2.05) is 59.5 Å². The number of ether oxygens (including phenoxy) is 1. The van der Waals surface area contributed by atoms with Crippen molar-refractivity contribution in [1.29, 1.82) is 0 Å². The smallest absolute Gasteiger partial charge is 0.321 e. The standard InChI is InChI=1S/C25H29N5O2/c31-25(26-20-12-14-22(15-13-20)32-21-9-3-1-4-10-21)29-16-7-8-19(18-29)24-28-27-23-11-5-2-6-17-30(23)24/h1,3-4,9-10,12-15,19H,2,5-8,11,16-18H2,(H,26,31)/t19-/m0/s1. The van der Waals surface area contributed by atoms with Crippen molar-refractivity contribution in [3.8, 4) is 11.5 Å². The van der Waals surface area contributed by atoms with Crippen molar-refractivity contribution in [3.63, 3.8) is 0 Å². The van der Waals surface area contributed by atoms with Gasteiger partial charge in [-0.25, -0.2) is 4.79 Å². The monoisotopic (exact) mass is 431 g/mol. The fraction of sp³-hybridized carbons (Fsp3) is 0.400. The highest BCUT2D eigenvalue weighted by atomic mass is 16.5. The molecule has 3 heterocycles. The molecule has 0 spiro atoms. The van der Waals surface area contributed by atoms with E-state index >= 15 is 0 Å². The van der Waals surface area contributed by atoms with E-state index in [-0.39, 0.29) is 11.9 Å². The van der Waals surface area contributed by atoms with Crippen LogP contribution < -0.4 is 10.1 Å². The zero-order valence-electron chi connectivity index (χ0n) is 18.2. The number of carbonyl (C=O) groups excluding carboxylic acids is 1. The second kappa shape index (κ2) is 9.42. The van der Waals surface area contributed by atoms with E-state index < -0.39 is 0 Å². The number of aromatic nitrogens is 3. The molecule has 1 fully saturated rings. The van der Waals surface area contributed by atoms with Crippen LogP contribution in [0.1, 0.15) is 49.7 Å². The van der Waals surface area contributed by atoms with Crippen LogP contribution in [0.4, 0.5) is 10.5 Å². The minimum atomic E-state index is -0.0676. The summed E-state index contributed by atoms with van der Waals surface area (Å²) in [6.45, 7) is 2.44. The van der Waals surface area contributed by atoms with Crippen LogP contribution in [0.2, 0.25) is 0 Å². The highest BCUT2D eigenvalue weighted by molar-refractivity contribution is 5.89. The minimum absolute atomic E-state index is 0.0676. The van der Waals surface area contributed by atoms with Gasteiger partial charge in [0.05, 0.1) is 0 Å². The summed E-state index contributed by atoms with van der Waals surface area (Å²) in [6, 6.07) is 17.1. The number of carbonyl (C=O) groups is 1. The third-order valence-corrected chi connectivity index (χ3v) is 6.30. The zero-order chi connectivity index (χ0) is 21.8. The molecule has 1 N–H and O–H groups in total. The second-order valence-corrected chi connectivity index (χ2v) is 8.59. The summed E-state index contributed by atoms with van der Waals surface area (Å²) in [5.74, 6) is 3.93. The van der Waals surface area contributed by atoms with Crippen molar-refractivity contribution in [2.45, 2.75) is 51.0 Å². The summed E-state index contributed by atoms with van der Waals surface area (Å²) in [7, 11) is 0. The Kier molecular flexibility index (Phi) is 6.05. The maximum atomic E-state index is 12.9. The Labute approximate surface area is 188 Å². The number of fused-ring (bicyclic) bond motifs is 1. The van der Waals surface area contributed by atoms with Crippen LogP contribution in [0.5, 0.6) is 11.5 Å². The molecule has 1 saturated heterocycles. The second-order valence-electron chi connectivity index (χ2n) is 8.59. The maximum Gasteiger partial charge on any atom is 0.321 e. The SMILES string of the molecule is O=C(Nc1ccc(Oc2ccccc2)cc1)N1CCC[C@H](c2nnc3n2CCCCC3)C1. The Morgan fingerprint density at radius 3 is 2.56 bits per heavy atom. The molecule has 2 amide bonds. The summed E-state index contributed by atoms with van der Waals surface area (Å²) in [5, 5.41) is 12.0. The molecular formula is C25H29N5O2. The van der Waals surface area contributed by atoms with Crippen LogP contribution in [0.3, 0.4) is 0 Å². The largest absolute Gasteiger partial charge is 0.457 e. The quantitative estimate of drug-likeness (QED) is 0.616. The number of nitrogens with one attached hydrogen (secondary N) is 1. The van der Waals surface area contributed by atoms with Gasteiger partial charge < -0.3 is 19.5 Å². The zero-order valence-corrected chi connectivity index (χ0v) is 18.2. The van der Waals surface area contributed by atoms with Gasteiger partial charge in [0.25, 0.3) is 0 Å². The maximum absolute atomic E-state index is 12.9. The molecule has 1 atom stereocenters. The fourth-order valence-corrected chi connectivity index (χ4v) is 4.62. The lowest BCUT2D eigenvalue weighted by molar-refractivity contribution is 0.190. The van der Waals surface area contributed by atoms with E-state index in [4.69, 9.17) is 4.74 Å². The number of para-hydroxylation sites is 1. The van der Waals surface area contributed by atoms with Crippen molar-refractivity contribution in [3.05, 3.63) is 66.2 Å². The summed E-state index contributed by atoms with van der Waals surface area (Å²) in [4.78, 5) is 14.8. The van der Waals surface area contributed by atoms with E-state index in [2.05, 4.69) is 20.1 Å². The summed E-state index contributed by atoms with van der Waals surface area (Å²) in [6.07, 6.45) is 6.65. The molecule has 32 heavy (non-hydrogen) atoms. The third-order valence-electron chi connectivity index (χ3n) is 6.30. The number of hydrogen-bond donors (Lipinski definition) is 1. The third kappa shape index (κ3) is 4.61. The normalized spacial score (nSPS) is 18.5. The molecule has 2 aliphatic rings. The molecule has 1 aromatic heterocycles. The highest BCUT2D eigenvalue weighted by Crippen LogP contribution is 2.29. The van der Waals surface area contributed by atoms with Crippen LogP contribution >= 0.6 is 0 Å². The molecule has 0 radical (unpaired) electrons. The van der Waals surface area contributed by atoms with Gasteiger partial charge >= 0.3 is 6.03 Å². The average molecular weight is 432 g/mol. The molecule has 0 unspecified atom stereocenters. The van der Waals surface area contributed by atoms with Gasteiger partial charge in [-0.3, -0.25) is 0 Å². The number of aryl methyl sites for hydroxylation is 1. The van der Waals surface area contributed by atoms with Crippen molar-refractivity contribution < 1.29 is 9.53 Å². The molecule has 2 aliphatic heterocycles. The summed E-state index contributed by atoms with van der Waals surface area (Å²) < 4.78 is 8.14. The van der Waals surface area contributed by atoms with Gasteiger partial charge in [-0.2, -0.15) is 0 Å². The van der Waals surface area contributed by atoms with Crippen molar-refractivity contribution in [1.82, 2.24) is 19.7 Å². The van der Waals surface area contributed by atoms with Gasteiger partial charge in [0.2, 0.25) is 0 Å². The molecule has 0 aliphatic carbocycles. The number of hydrogen-bond acceptors (Lipinski definition) is 4. The first-order valence-corrected chi connectivity index (χ1v) is 11.6. The lowest BCUT2D eigenvalue weighted by Gasteiger charge is -2.32. The number of urea groups is 1. The number of rotatable bonds is 4. The predicted molar refractivity (Wildman–Crippen MR) is 123 cm³/mol. The van der Waals surface area contributed by atoms with Crippen LogP contribution in [-0.2, 0) is 13.0 Å². The summed E-state index contributed by atoms with van der Waals surface area (Å²) in [5.41, 5.74) is 0.758. The molecule has 7 nitrogen and oxygen atoms in total. The molecule has 0 bridgehead atoms. The van der Waals surface area contributed by atoms with Crippen LogP contribution in [0.15, 0.2) is 54.6 Å². The van der Waals surface area contributed by atoms with Crippen LogP contribution in [0.25, 0.3) is 0 Å². The molecule has 5 rings (SSSR count). The van der Waals surface area contributed by atoms with Crippen LogP contribution in [0, 0.1) is 0 Å². The molecule has 166 valence electrons. The van der Waals surface area contributed by atoms with Gasteiger partial charge in [-0.1, -0.05) is 24.6 Å². The first-order chi connectivity index (χ1) is 15.8. The number of anilines is 1. The van der Waals surface area contributed by atoms with Crippen molar-refractivity contribution >= 4 is 11.7 Å². The molecule has 0 saturated carbocycles. The topological polar surface area (TPSA) is 72.3 Å². The van der Waals surface area contributed by atoms with E-state index in [0.29, 0.717) is 6.54 Å². The molecular weight excluding hydrogens is 402 g/mol. The highest BCUT2D eigenvalue weighted by Gasteiger charge is 2.29. The Hall–Kier alpha value is -3.35. The Morgan fingerprint density at radius 1 is 0.906 bits per heavy atom. The molecule has 2 aromatic carbocycles. The van der Waals surface area contributed by atoms with Gasteiger partial charge in [0.15, 0.2) is 0 Å². The van der Waals surface area contributed by atoms with Crippen molar-refractivity contribution in [2.24, 2.45) is 0 Å². The van der Waals surface area contributed by atoms with E-state index in [1.165, 1.54) is 19.3 Å². The van der Waals surface area contributed by atoms with E-state index in [0.717, 1.165) is 61.2 Å². The lowest BCUT2D eigenvalue weighted by Crippen LogP contribution is -2.42. The molecule has 7 heteroatoms. The van der Waals surface area contributed by atoms with Gasteiger partial charge in [0.1, 0.15) is 23.1 Å².